The number of nitrogens with zero attached hydrogens (tertiary/aromatic N) is 2. The van der Waals surface area contributed by atoms with E-state index in [-0.39, 0.29) is 0 Å². The molecule has 0 bridgehead atoms. The smallest absolute Gasteiger partial charge is 0.213 e. The fourth-order valence-electron chi connectivity index (χ4n) is 2.30. The normalized spacial score (nSPS) is 15.8. The Hall–Kier alpha value is -1.13. The number of ether oxygens (including phenoxy) is 1. The van der Waals surface area contributed by atoms with Crippen LogP contribution in [-0.4, -0.2) is 42.7 Å². The molecule has 0 aliphatic carbocycles. The van der Waals surface area contributed by atoms with Crippen molar-refractivity contribution in [2.75, 3.05) is 32.8 Å². The molecule has 2 heterocycles. The molecular weight excluding hydrogens is 238 g/mol. The SMILES string of the molecule is CCCNCc1ccc(OCCN2CCCC2)nc1. The Kier molecular flexibility index (Phi) is 6.11. The molecule has 4 heteroatoms. The summed E-state index contributed by atoms with van der Waals surface area (Å²) in [6, 6.07) is 4.05. The lowest BCUT2D eigenvalue weighted by Crippen LogP contribution is -2.25. The van der Waals surface area contributed by atoms with Crippen LogP contribution in [0.1, 0.15) is 31.7 Å². The summed E-state index contributed by atoms with van der Waals surface area (Å²) in [5.41, 5.74) is 1.21. The Morgan fingerprint density at radius 1 is 1.32 bits per heavy atom. The van der Waals surface area contributed by atoms with Gasteiger partial charge in [-0.25, -0.2) is 4.98 Å². The van der Waals surface area contributed by atoms with Crippen molar-refractivity contribution in [2.45, 2.75) is 32.7 Å². The maximum absolute atomic E-state index is 5.68. The van der Waals surface area contributed by atoms with Gasteiger partial charge in [-0.15, -0.1) is 0 Å². The van der Waals surface area contributed by atoms with Crippen LogP contribution in [-0.2, 0) is 6.54 Å². The van der Waals surface area contributed by atoms with Crippen molar-refractivity contribution in [3.8, 4) is 5.88 Å². The first-order chi connectivity index (χ1) is 9.38. The molecule has 0 unspecified atom stereocenters. The highest BCUT2D eigenvalue weighted by Gasteiger charge is 2.10. The van der Waals surface area contributed by atoms with E-state index in [1.807, 2.05) is 12.3 Å². The first-order valence-electron chi connectivity index (χ1n) is 7.39. The van der Waals surface area contributed by atoms with Gasteiger partial charge >= 0.3 is 0 Å². The second kappa shape index (κ2) is 8.12. The molecule has 0 amide bonds. The summed E-state index contributed by atoms with van der Waals surface area (Å²) >= 11 is 0. The van der Waals surface area contributed by atoms with Crippen LogP contribution >= 0.6 is 0 Å². The monoisotopic (exact) mass is 263 g/mol. The van der Waals surface area contributed by atoms with E-state index >= 15 is 0 Å². The van der Waals surface area contributed by atoms with Gasteiger partial charge in [0.2, 0.25) is 5.88 Å². The Morgan fingerprint density at radius 2 is 2.16 bits per heavy atom. The molecule has 1 fully saturated rings. The lowest BCUT2D eigenvalue weighted by atomic mass is 10.3. The molecule has 2 rings (SSSR count). The molecule has 1 N–H and O–H groups in total. The lowest BCUT2D eigenvalue weighted by molar-refractivity contribution is 0.232. The quantitative estimate of drug-likeness (QED) is 0.729. The van der Waals surface area contributed by atoms with Crippen LogP contribution in [0.4, 0.5) is 0 Å². The number of hydrogen-bond donors (Lipinski definition) is 1. The van der Waals surface area contributed by atoms with Crippen molar-refractivity contribution in [3.63, 3.8) is 0 Å². The van der Waals surface area contributed by atoms with Crippen LogP contribution in [0.2, 0.25) is 0 Å². The first kappa shape index (κ1) is 14.3. The third kappa shape index (κ3) is 5.17. The van der Waals surface area contributed by atoms with E-state index in [1.165, 1.54) is 31.5 Å². The summed E-state index contributed by atoms with van der Waals surface area (Å²) in [6.45, 7) is 8.30. The van der Waals surface area contributed by atoms with Gasteiger partial charge < -0.3 is 10.1 Å². The molecule has 1 aromatic rings. The highest BCUT2D eigenvalue weighted by Crippen LogP contribution is 2.09. The molecule has 0 saturated carbocycles. The van der Waals surface area contributed by atoms with Gasteiger partial charge in [-0.3, -0.25) is 4.90 Å². The Morgan fingerprint density at radius 3 is 2.84 bits per heavy atom. The topological polar surface area (TPSA) is 37.4 Å². The third-order valence-electron chi connectivity index (χ3n) is 3.41. The number of aromatic nitrogens is 1. The molecule has 0 atom stereocenters. The Bertz CT molecular complexity index is 347. The second-order valence-corrected chi connectivity index (χ2v) is 5.08. The molecule has 0 aromatic carbocycles. The second-order valence-electron chi connectivity index (χ2n) is 5.08. The van der Waals surface area contributed by atoms with Crippen molar-refractivity contribution < 1.29 is 4.74 Å². The largest absolute Gasteiger partial charge is 0.476 e. The third-order valence-corrected chi connectivity index (χ3v) is 3.41. The van der Waals surface area contributed by atoms with Gasteiger partial charge in [0, 0.05) is 25.4 Å². The molecule has 1 aliphatic heterocycles. The maximum atomic E-state index is 5.68. The minimum atomic E-state index is 0.735. The van der Waals surface area contributed by atoms with Crippen LogP contribution in [0.5, 0.6) is 5.88 Å². The number of hydrogen-bond acceptors (Lipinski definition) is 4. The molecular formula is C15H25N3O. The van der Waals surface area contributed by atoms with Crippen LogP contribution < -0.4 is 10.1 Å². The van der Waals surface area contributed by atoms with E-state index in [0.29, 0.717) is 0 Å². The van der Waals surface area contributed by atoms with Crippen LogP contribution in [0, 0.1) is 0 Å². The van der Waals surface area contributed by atoms with Gasteiger partial charge in [0.15, 0.2) is 0 Å². The zero-order chi connectivity index (χ0) is 13.3. The molecule has 4 nitrogen and oxygen atoms in total. The van der Waals surface area contributed by atoms with Crippen LogP contribution in [0.25, 0.3) is 0 Å². The summed E-state index contributed by atoms with van der Waals surface area (Å²) < 4.78 is 5.68. The van der Waals surface area contributed by atoms with Crippen molar-refractivity contribution >= 4 is 0 Å². The predicted molar refractivity (Wildman–Crippen MR) is 77.4 cm³/mol. The van der Waals surface area contributed by atoms with Crippen LogP contribution in [0.15, 0.2) is 18.3 Å². The molecule has 1 aromatic heterocycles. The first-order valence-corrected chi connectivity index (χ1v) is 7.39. The zero-order valence-corrected chi connectivity index (χ0v) is 11.9. The van der Waals surface area contributed by atoms with E-state index in [0.717, 1.165) is 38.5 Å². The Balaban J connectivity index is 1.66. The summed E-state index contributed by atoms with van der Waals surface area (Å²) in [6.07, 6.45) is 5.72. The maximum Gasteiger partial charge on any atom is 0.213 e. The summed E-state index contributed by atoms with van der Waals surface area (Å²) in [7, 11) is 0. The summed E-state index contributed by atoms with van der Waals surface area (Å²) in [5, 5.41) is 3.36. The molecule has 1 saturated heterocycles. The van der Waals surface area contributed by atoms with Gasteiger partial charge in [-0.05, 0) is 44.5 Å². The molecule has 0 spiro atoms. The van der Waals surface area contributed by atoms with Crippen molar-refractivity contribution in [1.29, 1.82) is 0 Å². The molecule has 106 valence electrons. The van der Waals surface area contributed by atoms with Gasteiger partial charge in [0.25, 0.3) is 0 Å². The van der Waals surface area contributed by atoms with E-state index < -0.39 is 0 Å². The fraction of sp³-hybridized carbons (Fsp3) is 0.667. The van der Waals surface area contributed by atoms with Crippen LogP contribution in [0.3, 0.4) is 0 Å². The minimum absolute atomic E-state index is 0.735. The molecule has 0 radical (unpaired) electrons. The van der Waals surface area contributed by atoms with Crippen molar-refractivity contribution in [2.24, 2.45) is 0 Å². The van der Waals surface area contributed by atoms with Gasteiger partial charge in [-0.1, -0.05) is 13.0 Å². The fourth-order valence-corrected chi connectivity index (χ4v) is 2.30. The van der Waals surface area contributed by atoms with Crippen molar-refractivity contribution in [3.05, 3.63) is 23.9 Å². The van der Waals surface area contributed by atoms with E-state index in [1.54, 1.807) is 0 Å². The predicted octanol–water partition coefficient (Wildman–Crippen LogP) is 2.06. The summed E-state index contributed by atoms with van der Waals surface area (Å²) in [4.78, 5) is 6.79. The summed E-state index contributed by atoms with van der Waals surface area (Å²) in [5.74, 6) is 0.735. The lowest BCUT2D eigenvalue weighted by Gasteiger charge is -2.14. The van der Waals surface area contributed by atoms with E-state index in [4.69, 9.17) is 4.74 Å². The standard InChI is InChI=1S/C15H25N3O/c1-2-7-16-12-14-5-6-15(17-13-14)19-11-10-18-8-3-4-9-18/h5-6,13,16H,2-4,7-12H2,1H3. The number of rotatable bonds is 8. The Labute approximate surface area is 116 Å². The number of likely N-dealkylation sites (tertiary alicyclic amines) is 1. The minimum Gasteiger partial charge on any atom is -0.476 e. The molecule has 19 heavy (non-hydrogen) atoms. The van der Waals surface area contributed by atoms with E-state index in [2.05, 4.69) is 28.2 Å². The van der Waals surface area contributed by atoms with Gasteiger partial charge in [-0.2, -0.15) is 0 Å². The van der Waals surface area contributed by atoms with Crippen molar-refractivity contribution in [1.82, 2.24) is 15.2 Å². The average Bonchev–Trinajstić information content (AvgIpc) is 2.94. The molecule has 1 aliphatic rings. The highest BCUT2D eigenvalue weighted by molar-refractivity contribution is 5.17. The number of nitrogens with one attached hydrogen (secondary N) is 1. The van der Waals surface area contributed by atoms with Gasteiger partial charge in [0.1, 0.15) is 6.61 Å². The highest BCUT2D eigenvalue weighted by atomic mass is 16.5. The number of pyridine rings is 1. The average molecular weight is 263 g/mol. The van der Waals surface area contributed by atoms with E-state index in [9.17, 15) is 0 Å². The van der Waals surface area contributed by atoms with Gasteiger partial charge in [0.05, 0.1) is 0 Å². The zero-order valence-electron chi connectivity index (χ0n) is 11.9.